The zero-order valence-corrected chi connectivity index (χ0v) is 47.2. The van der Waals surface area contributed by atoms with E-state index in [2.05, 4.69) is 118 Å². The van der Waals surface area contributed by atoms with Gasteiger partial charge in [-0.3, -0.25) is 23.4 Å². The Morgan fingerprint density at radius 3 is 1.23 bits per heavy atom. The van der Waals surface area contributed by atoms with E-state index < -0.39 is 57.8 Å². The highest BCUT2D eigenvalue weighted by Crippen LogP contribution is 2.43. The average molecular weight is 1050 g/mol. The van der Waals surface area contributed by atoms with E-state index in [-0.39, 0.29) is 25.9 Å². The second-order valence-electron chi connectivity index (χ2n) is 18.3. The second kappa shape index (κ2) is 55.1. The summed E-state index contributed by atoms with van der Waals surface area (Å²) in [5, 5.41) is 9.79. The summed E-state index contributed by atoms with van der Waals surface area (Å²) < 4.78 is 39.3. The Kier molecular flexibility index (Phi) is 52.1. The highest BCUT2D eigenvalue weighted by molar-refractivity contribution is 7.47. The lowest BCUT2D eigenvalue weighted by molar-refractivity contribution is -0.161. The van der Waals surface area contributed by atoms with Crippen LogP contribution in [-0.2, 0) is 42.2 Å². The highest BCUT2D eigenvalue weighted by atomic mass is 31.2. The van der Waals surface area contributed by atoms with Crippen molar-refractivity contribution in [3.63, 3.8) is 0 Å². The Labute approximate surface area is 449 Å². The fraction of sp³-hybridized carbons (Fsp3) is 0.629. The maximum Gasteiger partial charge on any atom is 0.472 e. The molecule has 12 heteroatoms. The molecule has 0 aliphatic carbocycles. The van der Waals surface area contributed by atoms with Crippen LogP contribution in [0.2, 0.25) is 0 Å². The van der Waals surface area contributed by atoms with Crippen molar-refractivity contribution in [2.45, 2.75) is 226 Å². The molecule has 0 saturated carbocycles. The van der Waals surface area contributed by atoms with Gasteiger partial charge in [0.1, 0.15) is 12.7 Å². The third kappa shape index (κ3) is 52.7. The van der Waals surface area contributed by atoms with Gasteiger partial charge in [-0.15, -0.1) is 0 Å². The molecule has 0 bridgehead atoms. The van der Waals surface area contributed by atoms with Crippen LogP contribution in [0.4, 0.5) is 0 Å². The average Bonchev–Trinajstić information content (AvgIpc) is 3.39. The molecule has 0 heterocycles. The Morgan fingerprint density at radius 2 is 0.757 bits per heavy atom. The third-order valence-corrected chi connectivity index (χ3v) is 12.3. The number of unbranched alkanes of at least 4 members (excludes halogenated alkanes) is 15. The first-order chi connectivity index (χ1) is 36.2. The lowest BCUT2D eigenvalue weighted by Gasteiger charge is -2.21. The minimum atomic E-state index is -4.79. The van der Waals surface area contributed by atoms with Crippen LogP contribution in [0.1, 0.15) is 213 Å². The van der Waals surface area contributed by atoms with E-state index in [0.717, 1.165) is 96.3 Å². The van der Waals surface area contributed by atoms with E-state index in [9.17, 15) is 28.9 Å². The van der Waals surface area contributed by atoms with Gasteiger partial charge in [0.25, 0.3) is 0 Å². The number of ether oxygens (including phenoxy) is 3. The molecule has 0 amide bonds. The standard InChI is InChI=1S/C62H101O11P/c1-4-7-10-13-16-19-22-25-28-29-32-35-38-41-44-47-50-53-62(66)73-59(55-69-60(64)51-48-45-42-39-36-33-30-26-23-20-17-14-11-8-5-2)57-71-74(67,68)70-56-58(54-63)72-61(65)52-49-46-43-40-37-34-31-27-24-21-18-15-12-9-6-3/h8-9,11-12,17-18,20-21,25-28,30-31,36-37,39-40,46,49,58-59,63H,4-7,10,13-16,19,22-24,29,32-35,38,41-45,47-48,50-57H2,1-3H3,(H,67,68)/b11-8-,12-9-,20-17-,21-18-,28-25-,30-26-,31-27-,39-36-,40-37-,49-46-. The fourth-order valence-electron chi connectivity index (χ4n) is 7.12. The molecule has 2 N–H and O–H groups in total. The number of hydrogen-bond donors (Lipinski definition) is 2. The lowest BCUT2D eigenvalue weighted by atomic mass is 10.1. The van der Waals surface area contributed by atoms with Gasteiger partial charge in [-0.25, -0.2) is 4.57 Å². The molecule has 0 aromatic rings. The summed E-state index contributed by atoms with van der Waals surface area (Å²) in [6, 6.07) is 0. The van der Waals surface area contributed by atoms with E-state index in [0.29, 0.717) is 19.3 Å². The summed E-state index contributed by atoms with van der Waals surface area (Å²) in [7, 11) is -4.79. The molecular weight excluding hydrogens is 952 g/mol. The first kappa shape index (κ1) is 69.9. The number of phosphoric ester groups is 1. The van der Waals surface area contributed by atoms with Gasteiger partial charge in [0, 0.05) is 12.8 Å². The predicted molar refractivity (Wildman–Crippen MR) is 306 cm³/mol. The zero-order chi connectivity index (χ0) is 54.1. The molecule has 0 rings (SSSR count). The summed E-state index contributed by atoms with van der Waals surface area (Å²) in [5.74, 6) is -1.67. The van der Waals surface area contributed by atoms with Crippen LogP contribution in [0.3, 0.4) is 0 Å². The van der Waals surface area contributed by atoms with Crippen LogP contribution >= 0.6 is 7.82 Å². The van der Waals surface area contributed by atoms with E-state index in [1.165, 1.54) is 57.8 Å². The van der Waals surface area contributed by atoms with Crippen molar-refractivity contribution in [2.24, 2.45) is 0 Å². The van der Waals surface area contributed by atoms with Crippen LogP contribution in [0.5, 0.6) is 0 Å². The van der Waals surface area contributed by atoms with Crippen LogP contribution in [-0.4, -0.2) is 66.5 Å². The number of aliphatic hydroxyl groups is 1. The third-order valence-electron chi connectivity index (χ3n) is 11.4. The van der Waals surface area contributed by atoms with Gasteiger partial charge in [-0.05, 0) is 109 Å². The van der Waals surface area contributed by atoms with Crippen LogP contribution in [0.15, 0.2) is 122 Å². The monoisotopic (exact) mass is 1050 g/mol. The normalized spacial score (nSPS) is 14.3. The van der Waals surface area contributed by atoms with Crippen LogP contribution in [0.25, 0.3) is 0 Å². The highest BCUT2D eigenvalue weighted by Gasteiger charge is 2.28. The molecular formula is C62H101O11P. The first-order valence-corrected chi connectivity index (χ1v) is 29.9. The molecule has 0 aliphatic heterocycles. The fourth-order valence-corrected chi connectivity index (χ4v) is 7.91. The minimum Gasteiger partial charge on any atom is -0.462 e. The summed E-state index contributed by atoms with van der Waals surface area (Å²) in [6.45, 7) is 4.23. The van der Waals surface area contributed by atoms with E-state index in [1.807, 2.05) is 18.2 Å². The Balaban J connectivity index is 4.88. The minimum absolute atomic E-state index is 0.0636. The van der Waals surface area contributed by atoms with Crippen LogP contribution < -0.4 is 0 Å². The summed E-state index contributed by atoms with van der Waals surface area (Å²) in [4.78, 5) is 48.4. The number of allylic oxidation sites excluding steroid dienone is 19. The summed E-state index contributed by atoms with van der Waals surface area (Å²) >= 11 is 0. The Hall–Kier alpha value is -4.12. The number of hydrogen-bond acceptors (Lipinski definition) is 10. The van der Waals surface area contributed by atoms with Gasteiger partial charge < -0.3 is 24.2 Å². The van der Waals surface area contributed by atoms with Gasteiger partial charge in [0.15, 0.2) is 6.10 Å². The zero-order valence-electron chi connectivity index (χ0n) is 46.3. The van der Waals surface area contributed by atoms with E-state index in [1.54, 1.807) is 6.08 Å². The smallest absolute Gasteiger partial charge is 0.462 e. The van der Waals surface area contributed by atoms with E-state index >= 15 is 0 Å². The number of phosphoric acid groups is 1. The van der Waals surface area contributed by atoms with Gasteiger partial charge in [0.2, 0.25) is 0 Å². The summed E-state index contributed by atoms with van der Waals surface area (Å²) in [5.41, 5.74) is 0. The Morgan fingerprint density at radius 1 is 0.405 bits per heavy atom. The molecule has 0 aromatic heterocycles. The molecule has 420 valence electrons. The van der Waals surface area contributed by atoms with Crippen LogP contribution in [0, 0.1) is 0 Å². The quantitative estimate of drug-likeness (QED) is 0.0197. The van der Waals surface area contributed by atoms with Crippen molar-refractivity contribution in [3.05, 3.63) is 122 Å². The SMILES string of the molecule is CC/C=C\C/C=C\C/C=C\C/C=C\C/C=C\CC(=O)OC(CO)COP(=O)(O)OCC(COC(=O)CCCC/C=C\C/C=C\C/C=C\C/C=C\CC)OC(=O)CCCCCCCCC/C=C\CCCCCCCC. The molecule has 0 spiro atoms. The van der Waals surface area contributed by atoms with E-state index in [4.69, 9.17) is 23.3 Å². The van der Waals surface area contributed by atoms with Gasteiger partial charge in [-0.1, -0.05) is 206 Å². The van der Waals surface area contributed by atoms with Crippen molar-refractivity contribution < 1.29 is 52.2 Å². The number of carbonyl (C=O) groups excluding carboxylic acids is 3. The number of esters is 3. The molecule has 0 fully saturated rings. The second-order valence-corrected chi connectivity index (χ2v) is 19.8. The summed E-state index contributed by atoms with van der Waals surface area (Å²) in [6.07, 6.45) is 67.6. The lowest BCUT2D eigenvalue weighted by Crippen LogP contribution is -2.30. The first-order valence-electron chi connectivity index (χ1n) is 28.4. The maximum absolute atomic E-state index is 12.9. The van der Waals surface area contributed by atoms with Crippen molar-refractivity contribution in [1.29, 1.82) is 0 Å². The molecule has 11 nitrogen and oxygen atoms in total. The Bertz CT molecular complexity index is 1700. The van der Waals surface area contributed by atoms with Gasteiger partial charge >= 0.3 is 25.7 Å². The predicted octanol–water partition coefficient (Wildman–Crippen LogP) is 16.8. The van der Waals surface area contributed by atoms with Crippen molar-refractivity contribution in [1.82, 2.24) is 0 Å². The molecule has 0 aromatic carbocycles. The number of carbonyl (C=O) groups is 3. The topological polar surface area (TPSA) is 155 Å². The largest absolute Gasteiger partial charge is 0.472 e. The van der Waals surface area contributed by atoms with Crippen molar-refractivity contribution >= 4 is 25.7 Å². The molecule has 0 saturated heterocycles. The molecule has 3 atom stereocenters. The number of rotatable bonds is 51. The van der Waals surface area contributed by atoms with Crippen molar-refractivity contribution in [3.8, 4) is 0 Å². The number of aliphatic hydroxyl groups excluding tert-OH is 1. The molecule has 0 aliphatic rings. The molecule has 0 radical (unpaired) electrons. The van der Waals surface area contributed by atoms with Crippen molar-refractivity contribution in [2.75, 3.05) is 26.4 Å². The van der Waals surface area contributed by atoms with Gasteiger partial charge in [0.05, 0.1) is 26.2 Å². The molecule has 74 heavy (non-hydrogen) atoms. The van der Waals surface area contributed by atoms with Gasteiger partial charge in [-0.2, -0.15) is 0 Å². The molecule has 3 unspecified atom stereocenters. The maximum atomic E-state index is 12.9.